The van der Waals surface area contributed by atoms with Gasteiger partial charge < -0.3 is 20.2 Å². The Morgan fingerprint density at radius 1 is 1.07 bits per heavy atom. The number of nitrogens with one attached hydrogen (secondary N) is 2. The molecule has 1 aliphatic heterocycles. The summed E-state index contributed by atoms with van der Waals surface area (Å²) in [5.41, 5.74) is 1.01. The molecule has 0 saturated carbocycles. The highest BCUT2D eigenvalue weighted by molar-refractivity contribution is 6.06. The lowest BCUT2D eigenvalue weighted by Crippen LogP contribution is -2.58. The van der Waals surface area contributed by atoms with Crippen LogP contribution in [0.4, 0.5) is 11.4 Å². The molecule has 144 valence electrons. The molecule has 3 N–H and O–H groups in total. The zero-order valence-corrected chi connectivity index (χ0v) is 16.1. The quantitative estimate of drug-likeness (QED) is 0.566. The van der Waals surface area contributed by atoms with Gasteiger partial charge in [-0.05, 0) is 25.2 Å². The van der Waals surface area contributed by atoms with Crippen molar-refractivity contribution in [2.75, 3.05) is 57.5 Å². The SMILES string of the molecule is CC(=O)Nc1cccc2c(O)c(NC(=O)C[N+]3(C)CCN(C)CC3)ccc12. The van der Waals surface area contributed by atoms with E-state index in [1.165, 1.54) is 6.92 Å². The van der Waals surface area contributed by atoms with Crippen LogP contribution in [-0.4, -0.2) is 73.1 Å². The van der Waals surface area contributed by atoms with Crippen molar-refractivity contribution in [3.05, 3.63) is 30.3 Å². The number of piperazine rings is 1. The number of rotatable bonds is 4. The molecule has 0 spiro atoms. The molecule has 27 heavy (non-hydrogen) atoms. The molecule has 2 amide bonds. The number of benzene rings is 2. The predicted octanol–water partition coefficient (Wildman–Crippen LogP) is 1.83. The molecule has 7 nitrogen and oxygen atoms in total. The lowest BCUT2D eigenvalue weighted by atomic mass is 10.1. The lowest BCUT2D eigenvalue weighted by Gasteiger charge is -2.40. The van der Waals surface area contributed by atoms with Crippen LogP contribution in [0.1, 0.15) is 6.92 Å². The highest BCUT2D eigenvalue weighted by Gasteiger charge is 2.30. The average molecular weight is 371 g/mol. The molecule has 0 aromatic heterocycles. The van der Waals surface area contributed by atoms with Gasteiger partial charge in [0.1, 0.15) is 5.75 Å². The summed E-state index contributed by atoms with van der Waals surface area (Å²) in [4.78, 5) is 26.2. The molecular formula is C20H27N4O3+. The molecule has 0 radical (unpaired) electrons. The van der Waals surface area contributed by atoms with Gasteiger partial charge >= 0.3 is 0 Å². The Kier molecular flexibility index (Phi) is 5.34. The van der Waals surface area contributed by atoms with E-state index in [4.69, 9.17) is 0 Å². The minimum atomic E-state index is -0.177. The van der Waals surface area contributed by atoms with Crippen molar-refractivity contribution in [3.8, 4) is 5.75 Å². The maximum atomic E-state index is 12.6. The number of phenolic OH excluding ortho intramolecular Hbond substituents is 1. The number of likely N-dealkylation sites (N-methyl/N-ethyl adjacent to an activating group) is 2. The number of quaternary nitrogens is 1. The first-order chi connectivity index (χ1) is 12.8. The van der Waals surface area contributed by atoms with Crippen molar-refractivity contribution >= 4 is 34.0 Å². The normalized spacial score (nSPS) is 16.9. The van der Waals surface area contributed by atoms with Gasteiger partial charge in [-0.15, -0.1) is 0 Å². The topological polar surface area (TPSA) is 81.7 Å². The molecule has 0 unspecified atom stereocenters. The van der Waals surface area contributed by atoms with Gasteiger partial charge in [-0.3, -0.25) is 14.5 Å². The van der Waals surface area contributed by atoms with Gasteiger partial charge in [-0.2, -0.15) is 0 Å². The number of anilines is 2. The van der Waals surface area contributed by atoms with E-state index in [-0.39, 0.29) is 17.6 Å². The Labute approximate surface area is 159 Å². The Hall–Kier alpha value is -2.64. The van der Waals surface area contributed by atoms with Crippen LogP contribution in [0, 0.1) is 0 Å². The van der Waals surface area contributed by atoms with Crippen LogP contribution in [0.5, 0.6) is 5.75 Å². The first kappa shape index (κ1) is 19.1. The Balaban J connectivity index is 1.78. The number of aromatic hydroxyl groups is 1. The van der Waals surface area contributed by atoms with Crippen molar-refractivity contribution in [2.45, 2.75) is 6.92 Å². The summed E-state index contributed by atoms with van der Waals surface area (Å²) in [6.45, 7) is 5.60. The summed E-state index contributed by atoms with van der Waals surface area (Å²) >= 11 is 0. The van der Waals surface area contributed by atoms with Crippen LogP contribution in [0.15, 0.2) is 30.3 Å². The van der Waals surface area contributed by atoms with E-state index in [0.717, 1.165) is 31.6 Å². The summed E-state index contributed by atoms with van der Waals surface area (Å²) in [7, 11) is 4.18. The molecule has 0 bridgehead atoms. The molecular weight excluding hydrogens is 344 g/mol. The number of hydrogen-bond donors (Lipinski definition) is 3. The van der Waals surface area contributed by atoms with Crippen molar-refractivity contribution in [1.29, 1.82) is 0 Å². The minimum Gasteiger partial charge on any atom is -0.505 e. The Morgan fingerprint density at radius 2 is 1.78 bits per heavy atom. The van der Waals surface area contributed by atoms with E-state index in [0.29, 0.717) is 27.8 Å². The number of amides is 2. The third-order valence-corrected chi connectivity index (χ3v) is 5.19. The van der Waals surface area contributed by atoms with E-state index in [1.54, 1.807) is 30.3 Å². The summed E-state index contributed by atoms with van der Waals surface area (Å²) in [6, 6.07) is 8.77. The summed E-state index contributed by atoms with van der Waals surface area (Å²) in [5, 5.41) is 17.5. The third kappa shape index (κ3) is 4.37. The maximum absolute atomic E-state index is 12.6. The zero-order valence-electron chi connectivity index (χ0n) is 16.1. The van der Waals surface area contributed by atoms with E-state index < -0.39 is 0 Å². The van der Waals surface area contributed by atoms with Crippen LogP contribution < -0.4 is 10.6 Å². The van der Waals surface area contributed by atoms with Crippen molar-refractivity contribution in [1.82, 2.24) is 4.90 Å². The van der Waals surface area contributed by atoms with E-state index in [2.05, 4.69) is 29.6 Å². The molecule has 2 aromatic rings. The molecule has 0 aliphatic carbocycles. The second-order valence-corrected chi connectivity index (χ2v) is 7.62. The van der Waals surface area contributed by atoms with Gasteiger partial charge in [0.25, 0.3) is 5.91 Å². The number of carbonyl (C=O) groups excluding carboxylic acids is 2. The number of carbonyl (C=O) groups is 2. The second kappa shape index (κ2) is 7.54. The molecule has 7 heteroatoms. The van der Waals surface area contributed by atoms with Crippen LogP contribution in [0.3, 0.4) is 0 Å². The van der Waals surface area contributed by atoms with Gasteiger partial charge in [0, 0.05) is 36.5 Å². The molecule has 2 aromatic carbocycles. The fourth-order valence-electron chi connectivity index (χ4n) is 3.48. The Bertz CT molecular complexity index is 873. The molecule has 1 aliphatic rings. The zero-order chi connectivity index (χ0) is 19.6. The smallest absolute Gasteiger partial charge is 0.279 e. The molecule has 1 saturated heterocycles. The maximum Gasteiger partial charge on any atom is 0.279 e. The molecule has 3 rings (SSSR count). The monoisotopic (exact) mass is 371 g/mol. The summed E-state index contributed by atoms with van der Waals surface area (Å²) in [6.07, 6.45) is 0. The number of nitrogens with zero attached hydrogens (tertiary/aromatic N) is 2. The van der Waals surface area contributed by atoms with Crippen molar-refractivity contribution in [3.63, 3.8) is 0 Å². The van der Waals surface area contributed by atoms with Crippen LogP contribution >= 0.6 is 0 Å². The van der Waals surface area contributed by atoms with Crippen LogP contribution in [0.2, 0.25) is 0 Å². The first-order valence-corrected chi connectivity index (χ1v) is 9.12. The molecule has 1 fully saturated rings. The average Bonchev–Trinajstić information content (AvgIpc) is 2.60. The van der Waals surface area contributed by atoms with Crippen molar-refractivity contribution in [2.24, 2.45) is 0 Å². The van der Waals surface area contributed by atoms with Crippen molar-refractivity contribution < 1.29 is 19.2 Å². The third-order valence-electron chi connectivity index (χ3n) is 5.19. The second-order valence-electron chi connectivity index (χ2n) is 7.62. The largest absolute Gasteiger partial charge is 0.505 e. The summed E-state index contributed by atoms with van der Waals surface area (Å²) in [5.74, 6) is -0.285. The van der Waals surface area contributed by atoms with Gasteiger partial charge in [0.2, 0.25) is 5.91 Å². The summed E-state index contributed by atoms with van der Waals surface area (Å²) < 4.78 is 0.692. The highest BCUT2D eigenvalue weighted by atomic mass is 16.3. The molecule has 1 heterocycles. The number of hydrogen-bond acceptors (Lipinski definition) is 4. The Morgan fingerprint density at radius 3 is 2.44 bits per heavy atom. The fraction of sp³-hybridized carbons (Fsp3) is 0.400. The van der Waals surface area contributed by atoms with E-state index in [1.807, 2.05) is 0 Å². The van der Waals surface area contributed by atoms with E-state index in [9.17, 15) is 14.7 Å². The van der Waals surface area contributed by atoms with Crippen LogP contribution in [0.25, 0.3) is 10.8 Å². The highest BCUT2D eigenvalue weighted by Crippen LogP contribution is 2.36. The standard InChI is InChI=1S/C20H26N4O3/c1-14(25)21-17-6-4-5-16-15(17)7-8-18(20(16)27)22-19(26)13-24(3)11-9-23(2)10-12-24/h4-8H,9-13H2,1-3H3,(H2-,21,22,25,26,27)/p+1. The number of phenols is 1. The van der Waals surface area contributed by atoms with E-state index >= 15 is 0 Å². The lowest BCUT2D eigenvalue weighted by molar-refractivity contribution is -0.905. The van der Waals surface area contributed by atoms with Gasteiger partial charge in [-0.25, -0.2) is 0 Å². The molecule has 0 atom stereocenters. The van der Waals surface area contributed by atoms with Gasteiger partial charge in [-0.1, -0.05) is 12.1 Å². The minimum absolute atomic E-state index is 0.00841. The first-order valence-electron chi connectivity index (χ1n) is 9.12. The fourth-order valence-corrected chi connectivity index (χ4v) is 3.48. The number of fused-ring (bicyclic) bond motifs is 1. The van der Waals surface area contributed by atoms with Gasteiger partial charge in [0.15, 0.2) is 6.54 Å². The van der Waals surface area contributed by atoms with Crippen LogP contribution in [-0.2, 0) is 9.59 Å². The predicted molar refractivity (Wildman–Crippen MR) is 107 cm³/mol. The van der Waals surface area contributed by atoms with Gasteiger partial charge in [0.05, 0.1) is 25.8 Å².